The normalized spacial score (nSPS) is 9.11. The Balaban J connectivity index is 2.88. The third-order valence-electron chi connectivity index (χ3n) is 1.04. The highest BCUT2D eigenvalue weighted by molar-refractivity contribution is 5.17. The minimum Gasteiger partial charge on any atom is -0.494 e. The van der Waals surface area contributed by atoms with Crippen LogP contribution in [0.2, 0.25) is 0 Å². The van der Waals surface area contributed by atoms with Crippen LogP contribution < -0.4 is 4.74 Å². The van der Waals surface area contributed by atoms with E-state index < -0.39 is 0 Å². The molecule has 0 atom stereocenters. The van der Waals surface area contributed by atoms with Crippen LogP contribution in [0.25, 0.3) is 0 Å². The summed E-state index contributed by atoms with van der Waals surface area (Å²) in [6.45, 7) is 1.91. The fourth-order valence-electron chi connectivity index (χ4n) is 0.528. The average Bonchev–Trinajstić information content (AvgIpc) is 1.90. The van der Waals surface area contributed by atoms with Gasteiger partial charge in [-0.05, 0) is 19.1 Å². The lowest BCUT2D eigenvalue weighted by molar-refractivity contribution is 0.411. The van der Waals surface area contributed by atoms with Gasteiger partial charge in [0, 0.05) is 5.69 Å². The standard InChI is InChI=1S/C7H8NO/c1-6-3-4-7(9-2)5-8-6/h3-4H,1-2H3. The van der Waals surface area contributed by atoms with Gasteiger partial charge in [-0.1, -0.05) is 0 Å². The van der Waals surface area contributed by atoms with Crippen LogP contribution in [0.15, 0.2) is 12.1 Å². The molecule has 1 aromatic heterocycles. The molecular formula is C7H8NO. The Labute approximate surface area is 54.5 Å². The fourth-order valence-corrected chi connectivity index (χ4v) is 0.528. The zero-order chi connectivity index (χ0) is 6.69. The molecule has 0 saturated heterocycles. The summed E-state index contributed by atoms with van der Waals surface area (Å²) >= 11 is 0. The second-order valence-electron chi connectivity index (χ2n) is 1.77. The van der Waals surface area contributed by atoms with Gasteiger partial charge in [0.2, 0.25) is 0 Å². The summed E-state index contributed by atoms with van der Waals surface area (Å²) in [6, 6.07) is 3.72. The van der Waals surface area contributed by atoms with Crippen LogP contribution in [0.5, 0.6) is 5.75 Å². The van der Waals surface area contributed by atoms with Gasteiger partial charge in [0.25, 0.3) is 0 Å². The van der Waals surface area contributed by atoms with E-state index in [1.807, 2.05) is 19.1 Å². The molecule has 0 aliphatic carbocycles. The molecule has 0 saturated carbocycles. The Morgan fingerprint density at radius 3 is 2.78 bits per heavy atom. The van der Waals surface area contributed by atoms with Crippen molar-refractivity contribution in [3.63, 3.8) is 0 Å². The lowest BCUT2D eigenvalue weighted by Gasteiger charge is -1.95. The molecule has 0 aliphatic rings. The number of methoxy groups -OCH3 is 1. The largest absolute Gasteiger partial charge is 0.494 e. The minimum atomic E-state index is 0.681. The van der Waals surface area contributed by atoms with E-state index in [0.717, 1.165) is 5.69 Å². The van der Waals surface area contributed by atoms with E-state index in [4.69, 9.17) is 4.74 Å². The second-order valence-corrected chi connectivity index (χ2v) is 1.77. The number of ether oxygens (including phenoxy) is 1. The van der Waals surface area contributed by atoms with Crippen molar-refractivity contribution in [1.29, 1.82) is 0 Å². The number of aryl methyl sites for hydroxylation is 1. The summed E-state index contributed by atoms with van der Waals surface area (Å²) in [4.78, 5) is 3.90. The van der Waals surface area contributed by atoms with E-state index in [0.29, 0.717) is 5.75 Å². The number of aromatic nitrogens is 1. The van der Waals surface area contributed by atoms with Crippen molar-refractivity contribution in [3.05, 3.63) is 24.0 Å². The van der Waals surface area contributed by atoms with Gasteiger partial charge in [0.15, 0.2) is 0 Å². The maximum atomic E-state index is 4.85. The minimum absolute atomic E-state index is 0.681. The van der Waals surface area contributed by atoms with Crippen LogP contribution >= 0.6 is 0 Å². The van der Waals surface area contributed by atoms with E-state index in [1.54, 1.807) is 7.11 Å². The third-order valence-corrected chi connectivity index (χ3v) is 1.04. The van der Waals surface area contributed by atoms with Crippen molar-refractivity contribution in [2.45, 2.75) is 6.92 Å². The van der Waals surface area contributed by atoms with E-state index in [9.17, 15) is 0 Å². The van der Waals surface area contributed by atoms with Gasteiger partial charge in [-0.25, -0.2) is 4.98 Å². The van der Waals surface area contributed by atoms with Crippen LogP contribution in [-0.4, -0.2) is 12.1 Å². The molecule has 1 heterocycles. The lowest BCUT2D eigenvalue weighted by atomic mass is 10.4. The first-order valence-corrected chi connectivity index (χ1v) is 2.72. The van der Waals surface area contributed by atoms with Crippen LogP contribution in [0.3, 0.4) is 0 Å². The topological polar surface area (TPSA) is 22.1 Å². The second kappa shape index (κ2) is 2.49. The Kier molecular flexibility index (Phi) is 1.68. The van der Waals surface area contributed by atoms with Crippen LogP contribution in [0.1, 0.15) is 5.69 Å². The molecule has 0 unspecified atom stereocenters. The Hall–Kier alpha value is -1.05. The van der Waals surface area contributed by atoms with Crippen molar-refractivity contribution in [2.75, 3.05) is 7.11 Å². The van der Waals surface area contributed by atoms with E-state index in [1.165, 1.54) is 0 Å². The van der Waals surface area contributed by atoms with Crippen molar-refractivity contribution in [1.82, 2.24) is 4.98 Å². The summed E-state index contributed by atoms with van der Waals surface area (Å²) in [6.07, 6.45) is 2.71. The van der Waals surface area contributed by atoms with Crippen LogP contribution in [-0.2, 0) is 0 Å². The molecule has 2 nitrogen and oxygen atoms in total. The third kappa shape index (κ3) is 1.42. The van der Waals surface area contributed by atoms with E-state index in [-0.39, 0.29) is 0 Å². The van der Waals surface area contributed by atoms with Gasteiger partial charge in [0.05, 0.1) is 7.11 Å². The predicted molar refractivity (Wildman–Crippen MR) is 34.4 cm³/mol. The van der Waals surface area contributed by atoms with E-state index in [2.05, 4.69) is 11.2 Å². The number of rotatable bonds is 1. The van der Waals surface area contributed by atoms with Crippen molar-refractivity contribution < 1.29 is 4.74 Å². The SMILES string of the molecule is COc1[c]nc(C)cc1. The quantitative estimate of drug-likeness (QED) is 0.558. The van der Waals surface area contributed by atoms with Gasteiger partial charge in [-0.2, -0.15) is 0 Å². The van der Waals surface area contributed by atoms with Gasteiger partial charge < -0.3 is 4.74 Å². The average molecular weight is 122 g/mol. The lowest BCUT2D eigenvalue weighted by Crippen LogP contribution is -1.85. The molecule has 0 amide bonds. The Morgan fingerprint density at radius 1 is 1.56 bits per heavy atom. The van der Waals surface area contributed by atoms with Gasteiger partial charge in [-0.3, -0.25) is 0 Å². The van der Waals surface area contributed by atoms with Crippen molar-refractivity contribution in [3.8, 4) is 5.75 Å². The molecule has 0 N–H and O–H groups in total. The summed E-state index contributed by atoms with van der Waals surface area (Å²) in [5.74, 6) is 0.681. The smallest absolute Gasteiger partial charge is 0.146 e. The highest BCUT2D eigenvalue weighted by Crippen LogP contribution is 2.05. The van der Waals surface area contributed by atoms with E-state index >= 15 is 0 Å². The zero-order valence-electron chi connectivity index (χ0n) is 5.51. The molecule has 0 bridgehead atoms. The molecule has 0 spiro atoms. The van der Waals surface area contributed by atoms with Gasteiger partial charge >= 0.3 is 0 Å². The first kappa shape index (κ1) is 6.08. The summed E-state index contributed by atoms with van der Waals surface area (Å²) < 4.78 is 4.85. The molecule has 1 aromatic rings. The molecule has 1 rings (SSSR count). The monoisotopic (exact) mass is 122 g/mol. The number of hydrogen-bond donors (Lipinski definition) is 0. The summed E-state index contributed by atoms with van der Waals surface area (Å²) in [7, 11) is 1.60. The van der Waals surface area contributed by atoms with Gasteiger partial charge in [-0.15, -0.1) is 0 Å². The molecule has 1 radical (unpaired) electrons. The number of hydrogen-bond acceptors (Lipinski definition) is 2. The maximum Gasteiger partial charge on any atom is 0.146 e. The van der Waals surface area contributed by atoms with Crippen LogP contribution in [0, 0.1) is 13.1 Å². The predicted octanol–water partition coefficient (Wildman–Crippen LogP) is 1.20. The molecule has 0 aliphatic heterocycles. The molecule has 2 heteroatoms. The highest BCUT2D eigenvalue weighted by Gasteiger charge is 1.88. The Bertz CT molecular complexity index is 181. The first-order valence-electron chi connectivity index (χ1n) is 2.72. The molecule has 0 aromatic carbocycles. The number of pyridine rings is 1. The maximum absolute atomic E-state index is 4.85. The van der Waals surface area contributed by atoms with Crippen LogP contribution in [0.4, 0.5) is 0 Å². The fraction of sp³-hybridized carbons (Fsp3) is 0.286. The highest BCUT2D eigenvalue weighted by atomic mass is 16.5. The van der Waals surface area contributed by atoms with Gasteiger partial charge in [0.1, 0.15) is 11.9 Å². The molecule has 47 valence electrons. The first-order chi connectivity index (χ1) is 4.33. The molecule has 9 heavy (non-hydrogen) atoms. The summed E-state index contributed by atoms with van der Waals surface area (Å²) in [5, 5.41) is 0. The molecular weight excluding hydrogens is 114 g/mol. The number of nitrogens with zero attached hydrogens (tertiary/aromatic N) is 1. The molecule has 0 fully saturated rings. The van der Waals surface area contributed by atoms with Crippen molar-refractivity contribution >= 4 is 0 Å². The van der Waals surface area contributed by atoms with Crippen molar-refractivity contribution in [2.24, 2.45) is 0 Å². The summed E-state index contributed by atoms with van der Waals surface area (Å²) in [5.41, 5.74) is 0.954. The Morgan fingerprint density at radius 2 is 2.33 bits per heavy atom. The zero-order valence-corrected chi connectivity index (χ0v) is 5.51.